The molecular weight excluding hydrogens is 330 g/mol. The Morgan fingerprint density at radius 1 is 1.27 bits per heavy atom. The molecule has 0 saturated heterocycles. The number of carbonyl (C=O) groups is 1. The SMILES string of the molecule is CC(C)C(NS(=O)(=O)c1ccc(C(F)(F)F)c(F)c1)C(=O)O. The van der Waals surface area contributed by atoms with E-state index in [0.29, 0.717) is 6.07 Å². The summed E-state index contributed by atoms with van der Waals surface area (Å²) in [6, 6.07) is -0.442. The average molecular weight is 343 g/mol. The Morgan fingerprint density at radius 2 is 1.82 bits per heavy atom. The zero-order valence-electron chi connectivity index (χ0n) is 11.5. The van der Waals surface area contributed by atoms with E-state index >= 15 is 0 Å². The molecule has 0 radical (unpaired) electrons. The largest absolute Gasteiger partial charge is 0.480 e. The van der Waals surface area contributed by atoms with Crippen LogP contribution in [0.4, 0.5) is 17.6 Å². The lowest BCUT2D eigenvalue weighted by atomic mass is 10.1. The third-order valence-corrected chi connectivity index (χ3v) is 4.21. The number of nitrogens with one attached hydrogen (secondary N) is 1. The summed E-state index contributed by atoms with van der Waals surface area (Å²) in [5.41, 5.74) is -1.61. The van der Waals surface area contributed by atoms with E-state index < -0.39 is 50.4 Å². The van der Waals surface area contributed by atoms with E-state index in [1.54, 1.807) is 0 Å². The third-order valence-electron chi connectivity index (χ3n) is 2.77. The third kappa shape index (κ3) is 4.17. The maximum Gasteiger partial charge on any atom is 0.419 e. The summed E-state index contributed by atoms with van der Waals surface area (Å²) in [5.74, 6) is -3.83. The van der Waals surface area contributed by atoms with Crippen LogP contribution in [0, 0.1) is 11.7 Å². The number of carboxylic acids is 1. The van der Waals surface area contributed by atoms with Crippen LogP contribution in [0.15, 0.2) is 23.1 Å². The molecule has 0 aliphatic carbocycles. The standard InChI is InChI=1S/C12H13F4NO4S/c1-6(2)10(11(18)19)17-22(20,21)7-3-4-8(9(13)5-7)12(14,15)16/h3-6,10,17H,1-2H3,(H,18,19). The molecule has 1 aromatic rings. The molecule has 1 rings (SSSR count). The number of alkyl halides is 3. The van der Waals surface area contributed by atoms with Gasteiger partial charge in [0.25, 0.3) is 0 Å². The summed E-state index contributed by atoms with van der Waals surface area (Å²) >= 11 is 0. The Hall–Kier alpha value is -1.68. The second-order valence-corrected chi connectivity index (χ2v) is 6.53. The average Bonchev–Trinajstić information content (AvgIpc) is 2.33. The summed E-state index contributed by atoms with van der Waals surface area (Å²) in [4.78, 5) is 10.2. The predicted molar refractivity (Wildman–Crippen MR) is 68.0 cm³/mol. The van der Waals surface area contributed by atoms with Crippen LogP contribution >= 0.6 is 0 Å². The Bertz CT molecular complexity index is 670. The first-order valence-electron chi connectivity index (χ1n) is 5.98. The molecule has 5 nitrogen and oxygen atoms in total. The normalized spacial score (nSPS) is 14.1. The van der Waals surface area contributed by atoms with Crippen molar-refractivity contribution in [2.45, 2.75) is 31.0 Å². The topological polar surface area (TPSA) is 83.5 Å². The van der Waals surface area contributed by atoms with Gasteiger partial charge in [-0.25, -0.2) is 12.8 Å². The van der Waals surface area contributed by atoms with Crippen molar-refractivity contribution >= 4 is 16.0 Å². The summed E-state index contributed by atoms with van der Waals surface area (Å²) < 4.78 is 76.4. The summed E-state index contributed by atoms with van der Waals surface area (Å²) in [7, 11) is -4.47. The second kappa shape index (κ2) is 6.21. The minimum Gasteiger partial charge on any atom is -0.480 e. The highest BCUT2D eigenvalue weighted by molar-refractivity contribution is 7.89. The lowest BCUT2D eigenvalue weighted by molar-refractivity contribution is -0.140. The van der Waals surface area contributed by atoms with E-state index in [9.17, 15) is 30.8 Å². The molecule has 10 heteroatoms. The van der Waals surface area contributed by atoms with E-state index in [1.165, 1.54) is 13.8 Å². The Kier molecular flexibility index (Phi) is 5.18. The van der Waals surface area contributed by atoms with Gasteiger partial charge in [0, 0.05) is 0 Å². The number of halogens is 4. The predicted octanol–water partition coefficient (Wildman–Crippen LogP) is 2.23. The van der Waals surface area contributed by atoms with Crippen molar-refractivity contribution in [1.82, 2.24) is 4.72 Å². The maximum absolute atomic E-state index is 13.4. The minimum absolute atomic E-state index is 0.199. The van der Waals surface area contributed by atoms with Crippen molar-refractivity contribution in [3.63, 3.8) is 0 Å². The van der Waals surface area contributed by atoms with Crippen LogP contribution in [0.2, 0.25) is 0 Å². The van der Waals surface area contributed by atoms with E-state index in [-0.39, 0.29) is 12.1 Å². The van der Waals surface area contributed by atoms with Crippen LogP contribution in [0.3, 0.4) is 0 Å². The molecule has 1 aromatic carbocycles. The van der Waals surface area contributed by atoms with Crippen LogP contribution in [0.25, 0.3) is 0 Å². The lowest BCUT2D eigenvalue weighted by Gasteiger charge is -2.18. The van der Waals surface area contributed by atoms with E-state index in [1.807, 2.05) is 4.72 Å². The van der Waals surface area contributed by atoms with Gasteiger partial charge in [0.15, 0.2) is 0 Å². The number of sulfonamides is 1. The van der Waals surface area contributed by atoms with Crippen molar-refractivity contribution in [3.8, 4) is 0 Å². The highest BCUT2D eigenvalue weighted by atomic mass is 32.2. The first-order valence-corrected chi connectivity index (χ1v) is 7.46. The quantitative estimate of drug-likeness (QED) is 0.803. The fourth-order valence-corrected chi connectivity index (χ4v) is 2.95. The zero-order valence-corrected chi connectivity index (χ0v) is 12.3. The summed E-state index contributed by atoms with van der Waals surface area (Å²) in [6.07, 6.45) is -4.96. The van der Waals surface area contributed by atoms with Crippen molar-refractivity contribution in [2.24, 2.45) is 5.92 Å². The highest BCUT2D eigenvalue weighted by Crippen LogP contribution is 2.32. The van der Waals surface area contributed by atoms with Gasteiger partial charge in [0.2, 0.25) is 10.0 Å². The zero-order chi connectivity index (χ0) is 17.3. The monoisotopic (exact) mass is 343 g/mol. The van der Waals surface area contributed by atoms with E-state index in [4.69, 9.17) is 5.11 Å². The van der Waals surface area contributed by atoms with Gasteiger partial charge in [0.05, 0.1) is 10.5 Å². The highest BCUT2D eigenvalue weighted by Gasteiger charge is 2.35. The fourth-order valence-electron chi connectivity index (χ4n) is 1.60. The molecule has 22 heavy (non-hydrogen) atoms. The molecule has 0 heterocycles. The number of rotatable bonds is 5. The molecule has 0 aliphatic rings. The number of aliphatic carboxylic acids is 1. The molecular formula is C12H13F4NO4S. The van der Waals surface area contributed by atoms with Crippen LogP contribution in [0.1, 0.15) is 19.4 Å². The molecule has 1 atom stereocenters. The van der Waals surface area contributed by atoms with Crippen molar-refractivity contribution in [1.29, 1.82) is 0 Å². The molecule has 0 spiro atoms. The van der Waals surface area contributed by atoms with Crippen molar-refractivity contribution in [3.05, 3.63) is 29.6 Å². The van der Waals surface area contributed by atoms with Gasteiger partial charge in [-0.05, 0) is 24.1 Å². The van der Waals surface area contributed by atoms with Gasteiger partial charge in [-0.15, -0.1) is 0 Å². The van der Waals surface area contributed by atoms with E-state index in [0.717, 1.165) is 0 Å². The number of benzene rings is 1. The van der Waals surface area contributed by atoms with Crippen LogP contribution in [-0.2, 0) is 21.0 Å². The van der Waals surface area contributed by atoms with Gasteiger partial charge < -0.3 is 5.11 Å². The Balaban J connectivity index is 3.19. The first-order chi connectivity index (χ1) is 9.86. The number of carboxylic acid groups (broad SMARTS) is 1. The smallest absolute Gasteiger partial charge is 0.419 e. The molecule has 0 amide bonds. The number of hydrogen-bond acceptors (Lipinski definition) is 3. The first kappa shape index (κ1) is 18.4. The second-order valence-electron chi connectivity index (χ2n) is 4.82. The maximum atomic E-state index is 13.4. The Labute approximate surface area is 124 Å². The lowest BCUT2D eigenvalue weighted by Crippen LogP contribution is -2.44. The van der Waals surface area contributed by atoms with Gasteiger partial charge >= 0.3 is 12.1 Å². The molecule has 1 unspecified atom stereocenters. The van der Waals surface area contributed by atoms with Crippen LogP contribution in [-0.4, -0.2) is 25.5 Å². The summed E-state index contributed by atoms with van der Waals surface area (Å²) in [6.45, 7) is 2.88. The van der Waals surface area contributed by atoms with Gasteiger partial charge in [-0.1, -0.05) is 13.8 Å². The van der Waals surface area contributed by atoms with Gasteiger partial charge in [-0.3, -0.25) is 4.79 Å². The summed E-state index contributed by atoms with van der Waals surface area (Å²) in [5, 5.41) is 8.91. The van der Waals surface area contributed by atoms with Crippen LogP contribution in [0.5, 0.6) is 0 Å². The fraction of sp³-hybridized carbons (Fsp3) is 0.417. The van der Waals surface area contributed by atoms with Gasteiger partial charge in [0.1, 0.15) is 11.9 Å². The van der Waals surface area contributed by atoms with Crippen LogP contribution < -0.4 is 4.72 Å². The van der Waals surface area contributed by atoms with Gasteiger partial charge in [-0.2, -0.15) is 17.9 Å². The molecule has 0 aromatic heterocycles. The van der Waals surface area contributed by atoms with E-state index in [2.05, 4.69) is 0 Å². The molecule has 0 fully saturated rings. The molecule has 2 N–H and O–H groups in total. The molecule has 0 aliphatic heterocycles. The minimum atomic E-state index is -4.96. The molecule has 0 saturated carbocycles. The van der Waals surface area contributed by atoms with Crippen molar-refractivity contribution in [2.75, 3.05) is 0 Å². The van der Waals surface area contributed by atoms with Crippen molar-refractivity contribution < 1.29 is 35.9 Å². The number of hydrogen-bond donors (Lipinski definition) is 2. The Morgan fingerprint density at radius 3 is 2.18 bits per heavy atom. The molecule has 124 valence electrons. The molecule has 0 bridgehead atoms.